The molecular formula is C32H35FN6O5S. The lowest BCUT2D eigenvalue weighted by molar-refractivity contribution is 0.0492. The van der Waals surface area contributed by atoms with Crippen molar-refractivity contribution in [3.63, 3.8) is 0 Å². The maximum Gasteiger partial charge on any atom is 0.407 e. The number of hydrogen-bond acceptors (Lipinski definition) is 9. The number of nitrogens with zero attached hydrogens (tertiary/aromatic N) is 3. The monoisotopic (exact) mass is 634 g/mol. The molecule has 4 aromatic rings. The lowest BCUT2D eigenvalue weighted by atomic mass is 9.91. The number of carbonyl (C=O) groups is 1. The summed E-state index contributed by atoms with van der Waals surface area (Å²) < 4.78 is 54.3. The average Bonchev–Trinajstić information content (AvgIpc) is 2.99. The van der Waals surface area contributed by atoms with Crippen molar-refractivity contribution in [2.75, 3.05) is 10.0 Å². The molecule has 0 unspecified atom stereocenters. The van der Waals surface area contributed by atoms with E-state index in [-0.39, 0.29) is 28.6 Å². The van der Waals surface area contributed by atoms with Gasteiger partial charge in [-0.25, -0.2) is 32.6 Å². The van der Waals surface area contributed by atoms with Gasteiger partial charge >= 0.3 is 6.09 Å². The Morgan fingerprint density at radius 3 is 2.36 bits per heavy atom. The molecule has 1 amide bonds. The van der Waals surface area contributed by atoms with E-state index in [1.165, 1.54) is 24.7 Å². The first-order chi connectivity index (χ1) is 21.4. The molecule has 5 rings (SSSR count). The molecule has 2 aromatic carbocycles. The van der Waals surface area contributed by atoms with Crippen molar-refractivity contribution in [1.82, 2.24) is 20.3 Å². The Bertz CT molecular complexity index is 1740. The number of hydrogen-bond donors (Lipinski definition) is 3. The van der Waals surface area contributed by atoms with Crippen LogP contribution in [0, 0.1) is 5.82 Å². The molecule has 236 valence electrons. The molecule has 2 aromatic heterocycles. The van der Waals surface area contributed by atoms with E-state index in [4.69, 9.17) is 9.47 Å². The second kappa shape index (κ2) is 13.5. The van der Waals surface area contributed by atoms with E-state index in [9.17, 15) is 13.2 Å². The molecule has 0 aliphatic heterocycles. The average molecular weight is 635 g/mol. The Kier molecular flexibility index (Phi) is 9.47. The van der Waals surface area contributed by atoms with Crippen LogP contribution in [0.5, 0.6) is 11.6 Å². The zero-order valence-electron chi connectivity index (χ0n) is 25.2. The highest BCUT2D eigenvalue weighted by atomic mass is 32.2. The molecule has 1 aliphatic carbocycles. The molecule has 1 fully saturated rings. The molecule has 0 saturated heterocycles. The van der Waals surface area contributed by atoms with Gasteiger partial charge in [-0.05, 0) is 88.9 Å². The van der Waals surface area contributed by atoms with Crippen LogP contribution in [0.4, 0.5) is 20.7 Å². The third-order valence-corrected chi connectivity index (χ3v) is 8.34. The number of sulfonamides is 1. The highest BCUT2D eigenvalue weighted by Gasteiger charge is 2.25. The minimum Gasteiger partial charge on any atom is -0.444 e. The molecule has 0 radical (unpaired) electrons. The molecule has 1 saturated carbocycles. The van der Waals surface area contributed by atoms with Crippen LogP contribution in [0.2, 0.25) is 0 Å². The Balaban J connectivity index is 1.24. The molecular weight excluding hydrogens is 599 g/mol. The number of amides is 1. The summed E-state index contributed by atoms with van der Waals surface area (Å²) in [7, 11) is -4.02. The summed E-state index contributed by atoms with van der Waals surface area (Å²) in [5, 5.41) is 6.39. The smallest absolute Gasteiger partial charge is 0.407 e. The van der Waals surface area contributed by atoms with Gasteiger partial charge in [0.15, 0.2) is 11.6 Å². The van der Waals surface area contributed by atoms with E-state index < -0.39 is 27.5 Å². The second-order valence-electron chi connectivity index (χ2n) is 11.6. The molecule has 2 heterocycles. The van der Waals surface area contributed by atoms with E-state index in [2.05, 4.69) is 30.3 Å². The maximum absolute atomic E-state index is 15.1. The van der Waals surface area contributed by atoms with Crippen LogP contribution >= 0.6 is 0 Å². The van der Waals surface area contributed by atoms with Crippen LogP contribution in [-0.2, 0) is 14.8 Å². The SMILES string of the molecule is CC(C)(C)OC(=O)NC1CCC(Nc2cc(-c3cccnc3Oc3ccc(S(=O)(=O)Nc4ccccc4)cc3F)ncn2)CC1. The van der Waals surface area contributed by atoms with Crippen LogP contribution in [0.15, 0.2) is 84.1 Å². The van der Waals surface area contributed by atoms with Crippen molar-refractivity contribution in [2.24, 2.45) is 0 Å². The van der Waals surface area contributed by atoms with E-state index in [1.54, 1.807) is 48.5 Å². The van der Waals surface area contributed by atoms with Crippen LogP contribution in [0.25, 0.3) is 11.3 Å². The highest BCUT2D eigenvalue weighted by Crippen LogP contribution is 2.33. The number of anilines is 2. The van der Waals surface area contributed by atoms with Gasteiger partial charge in [-0.15, -0.1) is 0 Å². The topological polar surface area (TPSA) is 144 Å². The standard InChI is InChI=1S/C32H35FN6O5S/c1-32(2,3)44-31(40)38-22-13-11-21(12-14-22)37-29-19-27(35-20-36-29)25-10-7-17-34-30(25)43-28-16-15-24(18-26(28)33)45(41,42)39-23-8-5-4-6-9-23/h4-10,15-22,39H,11-14H2,1-3H3,(H,38,40)(H,35,36,37). The number of pyridine rings is 1. The number of aromatic nitrogens is 3. The summed E-state index contributed by atoms with van der Waals surface area (Å²) in [6.07, 6.45) is 5.76. The van der Waals surface area contributed by atoms with Crippen molar-refractivity contribution in [1.29, 1.82) is 0 Å². The molecule has 13 heteroatoms. The highest BCUT2D eigenvalue weighted by molar-refractivity contribution is 7.92. The molecule has 0 bridgehead atoms. The summed E-state index contributed by atoms with van der Waals surface area (Å²) in [5.74, 6) is -0.375. The minimum atomic E-state index is -4.02. The molecule has 11 nitrogen and oxygen atoms in total. The first kappa shape index (κ1) is 31.6. The van der Waals surface area contributed by atoms with Gasteiger partial charge in [-0.1, -0.05) is 18.2 Å². The fourth-order valence-electron chi connectivity index (χ4n) is 4.87. The van der Waals surface area contributed by atoms with Gasteiger partial charge in [0.05, 0.1) is 16.2 Å². The second-order valence-corrected chi connectivity index (χ2v) is 13.3. The van der Waals surface area contributed by atoms with Crippen LogP contribution in [-0.4, -0.2) is 47.1 Å². The number of alkyl carbamates (subject to hydrolysis) is 1. The number of rotatable bonds is 9. The Labute approximate surface area is 261 Å². The quantitative estimate of drug-likeness (QED) is 0.187. The van der Waals surface area contributed by atoms with Gasteiger partial charge in [0.1, 0.15) is 17.7 Å². The Morgan fingerprint density at radius 1 is 0.911 bits per heavy atom. The van der Waals surface area contributed by atoms with Gasteiger partial charge in [0.2, 0.25) is 5.88 Å². The number of nitrogens with one attached hydrogen (secondary N) is 3. The Morgan fingerprint density at radius 2 is 1.64 bits per heavy atom. The van der Waals surface area contributed by atoms with Crippen molar-refractivity contribution >= 4 is 27.6 Å². The zero-order valence-corrected chi connectivity index (χ0v) is 26.0. The molecule has 1 aliphatic rings. The van der Waals surface area contributed by atoms with Crippen molar-refractivity contribution < 1.29 is 27.1 Å². The summed E-state index contributed by atoms with van der Waals surface area (Å²) in [6, 6.07) is 17.1. The summed E-state index contributed by atoms with van der Waals surface area (Å²) in [6.45, 7) is 5.50. The van der Waals surface area contributed by atoms with Gasteiger partial charge in [-0.3, -0.25) is 4.72 Å². The first-order valence-corrected chi connectivity index (χ1v) is 16.0. The molecule has 0 atom stereocenters. The minimum absolute atomic E-state index is 0.0451. The number of carbonyl (C=O) groups excluding carboxylic acids is 1. The number of para-hydroxylation sites is 1. The maximum atomic E-state index is 15.1. The first-order valence-electron chi connectivity index (χ1n) is 14.5. The summed E-state index contributed by atoms with van der Waals surface area (Å²) >= 11 is 0. The number of halogens is 1. The largest absolute Gasteiger partial charge is 0.444 e. The molecule has 3 N–H and O–H groups in total. The molecule has 45 heavy (non-hydrogen) atoms. The third-order valence-electron chi connectivity index (χ3n) is 6.96. The number of ether oxygens (including phenoxy) is 2. The lowest BCUT2D eigenvalue weighted by Crippen LogP contribution is -2.42. The predicted octanol–water partition coefficient (Wildman–Crippen LogP) is 6.52. The van der Waals surface area contributed by atoms with E-state index >= 15 is 4.39 Å². The van der Waals surface area contributed by atoms with Gasteiger partial charge in [-0.2, -0.15) is 0 Å². The van der Waals surface area contributed by atoms with Crippen LogP contribution in [0.3, 0.4) is 0 Å². The van der Waals surface area contributed by atoms with Crippen molar-refractivity contribution in [3.8, 4) is 22.9 Å². The van der Waals surface area contributed by atoms with Crippen molar-refractivity contribution in [3.05, 3.63) is 85.1 Å². The van der Waals surface area contributed by atoms with Gasteiger partial charge in [0, 0.05) is 30.0 Å². The number of benzene rings is 2. The summed E-state index contributed by atoms with van der Waals surface area (Å²) in [4.78, 5) is 24.9. The zero-order chi connectivity index (χ0) is 32.0. The summed E-state index contributed by atoms with van der Waals surface area (Å²) in [5.41, 5.74) is 0.810. The van der Waals surface area contributed by atoms with E-state index in [1.807, 2.05) is 20.8 Å². The van der Waals surface area contributed by atoms with Crippen LogP contribution in [0.1, 0.15) is 46.5 Å². The van der Waals surface area contributed by atoms with E-state index in [0.29, 0.717) is 22.8 Å². The van der Waals surface area contributed by atoms with Crippen LogP contribution < -0.4 is 20.1 Å². The van der Waals surface area contributed by atoms with Gasteiger partial charge in [0.25, 0.3) is 10.0 Å². The lowest BCUT2D eigenvalue weighted by Gasteiger charge is -2.30. The Hall–Kier alpha value is -4.78. The third kappa shape index (κ3) is 8.66. The van der Waals surface area contributed by atoms with Crippen molar-refractivity contribution in [2.45, 2.75) is 69.0 Å². The fraction of sp³-hybridized carbons (Fsp3) is 0.312. The van der Waals surface area contributed by atoms with Gasteiger partial charge < -0.3 is 20.1 Å². The molecule has 0 spiro atoms. The van der Waals surface area contributed by atoms with E-state index in [0.717, 1.165) is 31.7 Å². The normalized spacial score (nSPS) is 16.8. The fourth-order valence-corrected chi connectivity index (χ4v) is 5.94. The predicted molar refractivity (Wildman–Crippen MR) is 168 cm³/mol.